The summed E-state index contributed by atoms with van der Waals surface area (Å²) in [6.07, 6.45) is 1.30. The van der Waals surface area contributed by atoms with Gasteiger partial charge in [0.25, 0.3) is 0 Å². The number of nitrogens with zero attached hydrogens (tertiary/aromatic N) is 1. The zero-order chi connectivity index (χ0) is 10.6. The number of aromatic nitrogens is 2. The van der Waals surface area contributed by atoms with E-state index in [0.717, 1.165) is 0 Å². The number of H-pyrrole nitrogens is 1. The van der Waals surface area contributed by atoms with E-state index in [-0.39, 0.29) is 23.8 Å². The normalized spacial score (nSPS) is 9.50. The topological polar surface area (TPSA) is 139 Å². The van der Waals surface area contributed by atoms with Crippen molar-refractivity contribution in [2.45, 2.75) is 0 Å². The first kappa shape index (κ1) is 9.99. The largest absolute Gasteiger partial charge is 0.350 e. The first-order chi connectivity index (χ1) is 6.65. The SMILES string of the molecule is NCC(=O)c1nc[nH]c1NNC(N)=O. The maximum absolute atomic E-state index is 11.1. The van der Waals surface area contributed by atoms with Crippen molar-refractivity contribution in [3.63, 3.8) is 0 Å². The summed E-state index contributed by atoms with van der Waals surface area (Å²) in [6.45, 7) is -0.157. The van der Waals surface area contributed by atoms with Gasteiger partial charge in [-0.1, -0.05) is 0 Å². The zero-order valence-electron chi connectivity index (χ0n) is 7.20. The Balaban J connectivity index is 2.72. The van der Waals surface area contributed by atoms with E-state index in [9.17, 15) is 9.59 Å². The maximum Gasteiger partial charge on any atom is 0.330 e. The fourth-order valence-corrected chi connectivity index (χ4v) is 0.822. The standard InChI is InChI=1S/C6H10N6O2/c7-1-3(13)4-5(10-2-9-4)11-12-6(8)14/h2,11H,1,7H2,(H,9,10)(H3,8,12,14). The summed E-state index contributed by atoms with van der Waals surface area (Å²) < 4.78 is 0. The lowest BCUT2D eigenvalue weighted by Crippen LogP contribution is -2.35. The number of hydrazine groups is 1. The third kappa shape index (κ3) is 2.20. The molecule has 14 heavy (non-hydrogen) atoms. The molecule has 0 aromatic carbocycles. The lowest BCUT2D eigenvalue weighted by molar-refractivity contribution is 0.0998. The van der Waals surface area contributed by atoms with Crippen LogP contribution in [0.25, 0.3) is 0 Å². The van der Waals surface area contributed by atoms with Gasteiger partial charge in [0.05, 0.1) is 12.9 Å². The average Bonchev–Trinajstić information content (AvgIpc) is 2.61. The number of nitrogens with two attached hydrogens (primary N) is 2. The van der Waals surface area contributed by atoms with Crippen molar-refractivity contribution in [2.75, 3.05) is 12.0 Å². The number of nitrogens with one attached hydrogen (secondary N) is 3. The molecule has 1 aromatic heterocycles. The van der Waals surface area contributed by atoms with Crippen LogP contribution in [0.4, 0.5) is 10.6 Å². The summed E-state index contributed by atoms with van der Waals surface area (Å²) in [5.74, 6) is -0.0979. The van der Waals surface area contributed by atoms with Gasteiger partial charge in [0, 0.05) is 0 Å². The quantitative estimate of drug-likeness (QED) is 0.297. The Morgan fingerprint density at radius 2 is 2.29 bits per heavy atom. The van der Waals surface area contributed by atoms with Gasteiger partial charge in [0.15, 0.2) is 17.3 Å². The van der Waals surface area contributed by atoms with E-state index < -0.39 is 6.03 Å². The smallest absolute Gasteiger partial charge is 0.330 e. The monoisotopic (exact) mass is 198 g/mol. The first-order valence-electron chi connectivity index (χ1n) is 3.73. The van der Waals surface area contributed by atoms with E-state index in [1.54, 1.807) is 0 Å². The summed E-state index contributed by atoms with van der Waals surface area (Å²) in [7, 11) is 0. The average molecular weight is 198 g/mol. The second kappa shape index (κ2) is 4.23. The van der Waals surface area contributed by atoms with E-state index in [0.29, 0.717) is 0 Å². The number of primary amides is 1. The van der Waals surface area contributed by atoms with Gasteiger partial charge >= 0.3 is 6.03 Å². The molecular formula is C6H10N6O2. The van der Waals surface area contributed by atoms with Gasteiger partial charge < -0.3 is 16.5 Å². The molecule has 0 spiro atoms. The fraction of sp³-hybridized carbons (Fsp3) is 0.167. The van der Waals surface area contributed by atoms with Gasteiger partial charge in [-0.2, -0.15) is 0 Å². The molecule has 2 amide bonds. The molecule has 0 saturated carbocycles. The van der Waals surface area contributed by atoms with Crippen LogP contribution in [0.1, 0.15) is 10.5 Å². The van der Waals surface area contributed by atoms with Crippen LogP contribution < -0.4 is 22.3 Å². The molecule has 0 bridgehead atoms. The van der Waals surface area contributed by atoms with E-state index in [4.69, 9.17) is 11.5 Å². The number of anilines is 1. The van der Waals surface area contributed by atoms with Crippen LogP contribution in [0.2, 0.25) is 0 Å². The number of rotatable bonds is 4. The van der Waals surface area contributed by atoms with Crippen LogP contribution in [-0.2, 0) is 0 Å². The maximum atomic E-state index is 11.1. The van der Waals surface area contributed by atoms with Gasteiger partial charge in [0.2, 0.25) is 0 Å². The van der Waals surface area contributed by atoms with Crippen LogP contribution in [0, 0.1) is 0 Å². The van der Waals surface area contributed by atoms with Crippen molar-refractivity contribution >= 4 is 17.6 Å². The van der Waals surface area contributed by atoms with Gasteiger partial charge in [-0.3, -0.25) is 15.6 Å². The predicted octanol–water partition coefficient (Wildman–Crippen LogP) is -1.45. The van der Waals surface area contributed by atoms with Gasteiger partial charge in [-0.05, 0) is 0 Å². The minimum atomic E-state index is -0.772. The van der Waals surface area contributed by atoms with Crippen LogP contribution in [-0.4, -0.2) is 28.3 Å². The van der Waals surface area contributed by atoms with Crippen molar-refractivity contribution in [1.82, 2.24) is 15.4 Å². The highest BCUT2D eigenvalue weighted by Crippen LogP contribution is 2.07. The molecule has 7 N–H and O–H groups in total. The van der Waals surface area contributed by atoms with Crippen LogP contribution >= 0.6 is 0 Å². The number of carbonyl (C=O) groups is 2. The molecule has 0 aliphatic carbocycles. The Bertz CT molecular complexity index is 346. The Labute approximate surface area is 79.0 Å². The van der Waals surface area contributed by atoms with E-state index in [1.807, 2.05) is 0 Å². The molecule has 0 aliphatic rings. The number of aromatic amines is 1. The molecule has 0 fully saturated rings. The molecule has 0 aliphatic heterocycles. The lowest BCUT2D eigenvalue weighted by atomic mass is 10.3. The number of ketones is 1. The summed E-state index contributed by atoms with van der Waals surface area (Å²) in [5, 5.41) is 0. The molecule has 76 valence electrons. The fourth-order valence-electron chi connectivity index (χ4n) is 0.822. The minimum absolute atomic E-state index is 0.126. The van der Waals surface area contributed by atoms with Crippen molar-refractivity contribution in [3.8, 4) is 0 Å². The van der Waals surface area contributed by atoms with E-state index in [2.05, 4.69) is 20.8 Å². The predicted molar refractivity (Wildman–Crippen MR) is 48.3 cm³/mol. The Morgan fingerprint density at radius 3 is 2.86 bits per heavy atom. The van der Waals surface area contributed by atoms with Crippen molar-refractivity contribution in [1.29, 1.82) is 0 Å². The van der Waals surface area contributed by atoms with Crippen LogP contribution in [0.15, 0.2) is 6.33 Å². The van der Waals surface area contributed by atoms with Crippen molar-refractivity contribution in [3.05, 3.63) is 12.0 Å². The molecule has 8 nitrogen and oxygen atoms in total. The van der Waals surface area contributed by atoms with Gasteiger partial charge in [-0.25, -0.2) is 9.78 Å². The highest BCUT2D eigenvalue weighted by Gasteiger charge is 2.12. The molecule has 0 unspecified atom stereocenters. The Morgan fingerprint density at radius 1 is 1.57 bits per heavy atom. The summed E-state index contributed by atoms with van der Waals surface area (Å²) >= 11 is 0. The molecule has 0 saturated heterocycles. The third-order valence-electron chi connectivity index (χ3n) is 1.40. The van der Waals surface area contributed by atoms with Crippen molar-refractivity contribution in [2.24, 2.45) is 11.5 Å². The Hall–Kier alpha value is -2.09. The number of imidazole rings is 1. The number of hydrogen-bond acceptors (Lipinski definition) is 5. The molecule has 0 atom stereocenters. The van der Waals surface area contributed by atoms with Gasteiger partial charge in [0.1, 0.15) is 0 Å². The highest BCUT2D eigenvalue weighted by atomic mass is 16.2. The number of carbonyl (C=O) groups excluding carboxylic acids is 2. The zero-order valence-corrected chi connectivity index (χ0v) is 7.20. The van der Waals surface area contributed by atoms with Gasteiger partial charge in [-0.15, -0.1) is 0 Å². The van der Waals surface area contributed by atoms with E-state index in [1.165, 1.54) is 6.33 Å². The van der Waals surface area contributed by atoms with Crippen molar-refractivity contribution < 1.29 is 9.59 Å². The molecule has 8 heteroatoms. The highest BCUT2D eigenvalue weighted by molar-refractivity contribution is 6.00. The lowest BCUT2D eigenvalue weighted by Gasteiger charge is -2.04. The van der Waals surface area contributed by atoms with Crippen LogP contribution in [0.3, 0.4) is 0 Å². The first-order valence-corrected chi connectivity index (χ1v) is 3.73. The number of amides is 2. The Kier molecular flexibility index (Phi) is 3.02. The van der Waals surface area contributed by atoms with E-state index >= 15 is 0 Å². The third-order valence-corrected chi connectivity index (χ3v) is 1.40. The second-order valence-corrected chi connectivity index (χ2v) is 2.37. The van der Waals surface area contributed by atoms with Crippen LogP contribution in [0.5, 0.6) is 0 Å². The molecule has 1 rings (SSSR count). The summed E-state index contributed by atoms with van der Waals surface area (Å²) in [5.41, 5.74) is 14.6. The number of urea groups is 1. The molecule has 1 heterocycles. The molecule has 1 aromatic rings. The number of Topliss-reactive ketones (excluding diaryl/α,β-unsaturated/α-hetero) is 1. The molecule has 0 radical (unpaired) electrons. The second-order valence-electron chi connectivity index (χ2n) is 2.37. The summed E-state index contributed by atoms with van der Waals surface area (Å²) in [6, 6.07) is -0.772. The molecular weight excluding hydrogens is 188 g/mol. The number of hydrogen-bond donors (Lipinski definition) is 5. The minimum Gasteiger partial charge on any atom is -0.350 e. The summed E-state index contributed by atoms with van der Waals surface area (Å²) in [4.78, 5) is 27.8.